The van der Waals surface area contributed by atoms with Crippen molar-refractivity contribution in [2.75, 3.05) is 5.75 Å². The molecule has 0 radical (unpaired) electrons. The summed E-state index contributed by atoms with van der Waals surface area (Å²) in [4.78, 5) is 16.8. The summed E-state index contributed by atoms with van der Waals surface area (Å²) in [6.45, 7) is 0.369. The molecular weight excluding hydrogens is 306 g/mol. The molecule has 0 aliphatic rings. The number of carbonyl (C=O) groups is 1. The molecule has 2 aromatic rings. The van der Waals surface area contributed by atoms with E-state index in [9.17, 15) is 4.79 Å². The van der Waals surface area contributed by atoms with Crippen LogP contribution >= 0.6 is 23.4 Å². The van der Waals surface area contributed by atoms with Gasteiger partial charge in [0.15, 0.2) is 0 Å². The Kier molecular flexibility index (Phi) is 6.60. The summed E-state index contributed by atoms with van der Waals surface area (Å²) in [7, 11) is 0. The Labute approximate surface area is 133 Å². The van der Waals surface area contributed by atoms with Gasteiger partial charge in [0.2, 0.25) is 0 Å². The van der Waals surface area contributed by atoms with Gasteiger partial charge in [0.1, 0.15) is 0 Å². The minimum Gasteiger partial charge on any atom is -0.272 e. The molecule has 0 aromatic heterocycles. The van der Waals surface area contributed by atoms with Crippen LogP contribution in [0.25, 0.3) is 0 Å². The Balaban J connectivity index is 1.60. The average Bonchev–Trinajstić information content (AvgIpc) is 2.50. The molecule has 0 unspecified atom stereocenters. The Morgan fingerprint density at radius 1 is 1.05 bits per heavy atom. The molecule has 0 bridgehead atoms. The number of rotatable bonds is 7. The molecule has 5 heteroatoms. The molecule has 0 heterocycles. The van der Waals surface area contributed by atoms with E-state index in [4.69, 9.17) is 16.4 Å². The van der Waals surface area contributed by atoms with Crippen LogP contribution in [0.3, 0.4) is 0 Å². The standard InChI is InChI=1S/C16H16ClNO2S/c17-15-8-6-14(7-9-15)11-21-12-16(19)18-20-10-13-4-2-1-3-5-13/h1-9H,10-12H2,(H,18,19). The summed E-state index contributed by atoms with van der Waals surface area (Å²) in [5.74, 6) is 0.991. The minimum absolute atomic E-state index is 0.134. The van der Waals surface area contributed by atoms with E-state index in [1.807, 2.05) is 54.6 Å². The lowest BCUT2D eigenvalue weighted by molar-refractivity contribution is -0.131. The molecule has 1 amide bonds. The summed E-state index contributed by atoms with van der Waals surface area (Å²) in [5.41, 5.74) is 4.61. The number of halogens is 1. The SMILES string of the molecule is O=C(CSCc1ccc(Cl)cc1)NOCc1ccccc1. The van der Waals surface area contributed by atoms with Crippen molar-refractivity contribution >= 4 is 29.3 Å². The van der Waals surface area contributed by atoms with Gasteiger partial charge < -0.3 is 0 Å². The van der Waals surface area contributed by atoms with Gasteiger partial charge in [-0.3, -0.25) is 9.63 Å². The number of hydroxylamine groups is 1. The first kappa shape index (κ1) is 15.9. The molecule has 0 saturated heterocycles. The molecule has 2 aromatic carbocycles. The van der Waals surface area contributed by atoms with Gasteiger partial charge in [-0.15, -0.1) is 11.8 Å². The van der Waals surface area contributed by atoms with Crippen LogP contribution in [0.2, 0.25) is 5.02 Å². The lowest BCUT2D eigenvalue weighted by Gasteiger charge is -2.06. The normalized spacial score (nSPS) is 10.3. The van der Waals surface area contributed by atoms with Crippen molar-refractivity contribution < 1.29 is 9.63 Å². The monoisotopic (exact) mass is 321 g/mol. The quantitative estimate of drug-likeness (QED) is 0.788. The second-order valence-corrected chi connectivity index (χ2v) is 5.84. The lowest BCUT2D eigenvalue weighted by atomic mass is 10.2. The summed E-state index contributed by atoms with van der Waals surface area (Å²) in [5, 5.41) is 0.718. The molecular formula is C16H16ClNO2S. The highest BCUT2D eigenvalue weighted by Crippen LogP contribution is 2.15. The molecule has 0 saturated carbocycles. The molecule has 2 rings (SSSR count). The van der Waals surface area contributed by atoms with E-state index in [0.717, 1.165) is 21.9 Å². The van der Waals surface area contributed by atoms with E-state index >= 15 is 0 Å². The Morgan fingerprint density at radius 3 is 2.48 bits per heavy atom. The largest absolute Gasteiger partial charge is 0.272 e. The topological polar surface area (TPSA) is 38.3 Å². The van der Waals surface area contributed by atoms with E-state index < -0.39 is 0 Å². The van der Waals surface area contributed by atoms with Gasteiger partial charge in [0.25, 0.3) is 5.91 Å². The Bertz CT molecular complexity index is 560. The highest BCUT2D eigenvalue weighted by molar-refractivity contribution is 7.99. The zero-order valence-corrected chi connectivity index (χ0v) is 13.0. The van der Waals surface area contributed by atoms with Crippen molar-refractivity contribution in [2.24, 2.45) is 0 Å². The van der Waals surface area contributed by atoms with Gasteiger partial charge in [-0.2, -0.15) is 0 Å². The summed E-state index contributed by atoms with van der Waals surface area (Å²) in [6, 6.07) is 17.3. The van der Waals surface area contributed by atoms with Crippen LogP contribution in [0.5, 0.6) is 0 Å². The van der Waals surface area contributed by atoms with Crippen molar-refractivity contribution in [1.29, 1.82) is 0 Å². The highest BCUT2D eigenvalue weighted by atomic mass is 35.5. The molecule has 110 valence electrons. The van der Waals surface area contributed by atoms with Gasteiger partial charge in [-0.05, 0) is 23.3 Å². The first-order chi connectivity index (χ1) is 10.2. The van der Waals surface area contributed by atoms with Crippen LogP contribution in [0.15, 0.2) is 54.6 Å². The maximum Gasteiger partial charge on any atom is 0.253 e. The summed E-state index contributed by atoms with van der Waals surface area (Å²) < 4.78 is 0. The smallest absolute Gasteiger partial charge is 0.253 e. The first-order valence-corrected chi connectivity index (χ1v) is 8.04. The molecule has 1 N–H and O–H groups in total. The van der Waals surface area contributed by atoms with Crippen molar-refractivity contribution in [2.45, 2.75) is 12.4 Å². The molecule has 0 spiro atoms. The van der Waals surface area contributed by atoms with Crippen LogP contribution < -0.4 is 5.48 Å². The maximum absolute atomic E-state index is 11.6. The van der Waals surface area contributed by atoms with Gasteiger partial charge in [0, 0.05) is 10.8 Å². The molecule has 0 fully saturated rings. The molecule has 21 heavy (non-hydrogen) atoms. The predicted molar refractivity (Wildman–Crippen MR) is 87.0 cm³/mol. The molecule has 0 atom stereocenters. The second kappa shape index (κ2) is 8.72. The highest BCUT2D eigenvalue weighted by Gasteiger charge is 2.02. The zero-order valence-electron chi connectivity index (χ0n) is 11.4. The fraction of sp³-hybridized carbons (Fsp3) is 0.188. The average molecular weight is 322 g/mol. The zero-order chi connectivity index (χ0) is 14.9. The van der Waals surface area contributed by atoms with Crippen LogP contribution in [-0.4, -0.2) is 11.7 Å². The maximum atomic E-state index is 11.6. The van der Waals surface area contributed by atoms with Crippen molar-refractivity contribution in [3.63, 3.8) is 0 Å². The van der Waals surface area contributed by atoms with Crippen molar-refractivity contribution in [3.05, 3.63) is 70.7 Å². The predicted octanol–water partition coefficient (Wildman–Crippen LogP) is 3.82. The van der Waals surface area contributed by atoms with Crippen LogP contribution in [0.4, 0.5) is 0 Å². The molecule has 0 aliphatic heterocycles. The van der Waals surface area contributed by atoms with E-state index in [0.29, 0.717) is 12.4 Å². The number of hydrogen-bond donors (Lipinski definition) is 1. The van der Waals surface area contributed by atoms with E-state index in [1.165, 1.54) is 11.8 Å². The van der Waals surface area contributed by atoms with Gasteiger partial charge in [-0.1, -0.05) is 54.1 Å². The fourth-order valence-electron chi connectivity index (χ4n) is 1.65. The fourth-order valence-corrected chi connectivity index (χ4v) is 2.55. The second-order valence-electron chi connectivity index (χ2n) is 4.42. The van der Waals surface area contributed by atoms with Crippen LogP contribution in [0, 0.1) is 0 Å². The number of amides is 1. The summed E-state index contributed by atoms with van der Waals surface area (Å²) in [6.07, 6.45) is 0. The van der Waals surface area contributed by atoms with E-state index in [-0.39, 0.29) is 5.91 Å². The number of nitrogens with one attached hydrogen (secondary N) is 1. The number of benzene rings is 2. The van der Waals surface area contributed by atoms with Gasteiger partial charge >= 0.3 is 0 Å². The van der Waals surface area contributed by atoms with Crippen LogP contribution in [-0.2, 0) is 22.0 Å². The van der Waals surface area contributed by atoms with Crippen LogP contribution in [0.1, 0.15) is 11.1 Å². The van der Waals surface area contributed by atoms with Crippen molar-refractivity contribution in [1.82, 2.24) is 5.48 Å². The summed E-state index contributed by atoms with van der Waals surface area (Å²) >= 11 is 7.35. The van der Waals surface area contributed by atoms with E-state index in [1.54, 1.807) is 0 Å². The third kappa shape index (κ3) is 6.21. The molecule has 0 aliphatic carbocycles. The van der Waals surface area contributed by atoms with Gasteiger partial charge in [0.05, 0.1) is 12.4 Å². The van der Waals surface area contributed by atoms with Crippen molar-refractivity contribution in [3.8, 4) is 0 Å². The van der Waals surface area contributed by atoms with Gasteiger partial charge in [-0.25, -0.2) is 5.48 Å². The third-order valence-electron chi connectivity index (χ3n) is 2.68. The molecule has 3 nitrogen and oxygen atoms in total. The number of carbonyl (C=O) groups excluding carboxylic acids is 1. The number of thioether (sulfide) groups is 1. The lowest BCUT2D eigenvalue weighted by Crippen LogP contribution is -2.25. The minimum atomic E-state index is -0.134. The van der Waals surface area contributed by atoms with E-state index in [2.05, 4.69) is 5.48 Å². The third-order valence-corrected chi connectivity index (χ3v) is 3.94. The number of hydrogen-bond acceptors (Lipinski definition) is 3. The first-order valence-electron chi connectivity index (χ1n) is 6.51. The Morgan fingerprint density at radius 2 is 1.76 bits per heavy atom. The Hall–Kier alpha value is -1.49.